The minimum atomic E-state index is -0.0790. The molecule has 0 amide bonds. The summed E-state index contributed by atoms with van der Waals surface area (Å²) >= 11 is 0. The Kier molecular flexibility index (Phi) is 5.44. The molecule has 2 N–H and O–H groups in total. The normalized spacial score (nSPS) is 15.1. The SMILES string of the molecule is COc1cc(O)c(C(=O)CCC[NH+]2CCCC2)c(OC)c1. The molecule has 1 saturated heterocycles. The van der Waals surface area contributed by atoms with Crippen molar-refractivity contribution in [1.82, 2.24) is 0 Å². The molecule has 5 nitrogen and oxygen atoms in total. The lowest BCUT2D eigenvalue weighted by Crippen LogP contribution is -3.10. The number of ether oxygens (including phenoxy) is 2. The summed E-state index contributed by atoms with van der Waals surface area (Å²) in [6.45, 7) is 3.45. The zero-order valence-corrected chi connectivity index (χ0v) is 12.8. The molecule has 0 unspecified atom stereocenters. The topological polar surface area (TPSA) is 60.2 Å². The van der Waals surface area contributed by atoms with Gasteiger partial charge in [-0.2, -0.15) is 0 Å². The van der Waals surface area contributed by atoms with Crippen molar-refractivity contribution in [2.75, 3.05) is 33.9 Å². The summed E-state index contributed by atoms with van der Waals surface area (Å²) in [7, 11) is 2.99. The first-order valence-corrected chi connectivity index (χ1v) is 7.47. The summed E-state index contributed by atoms with van der Waals surface area (Å²) in [4.78, 5) is 13.9. The van der Waals surface area contributed by atoms with Crippen molar-refractivity contribution in [3.8, 4) is 17.2 Å². The third-order valence-electron chi connectivity index (χ3n) is 4.03. The molecule has 1 fully saturated rings. The Labute approximate surface area is 125 Å². The average Bonchev–Trinajstić information content (AvgIpc) is 2.99. The fourth-order valence-corrected chi connectivity index (χ4v) is 2.88. The van der Waals surface area contributed by atoms with E-state index in [1.165, 1.54) is 46.2 Å². The Hall–Kier alpha value is -1.75. The third kappa shape index (κ3) is 3.88. The highest BCUT2D eigenvalue weighted by Crippen LogP contribution is 2.34. The first kappa shape index (κ1) is 15.6. The molecule has 0 saturated carbocycles. The van der Waals surface area contributed by atoms with Crippen LogP contribution in [0.25, 0.3) is 0 Å². The Morgan fingerprint density at radius 1 is 1.24 bits per heavy atom. The van der Waals surface area contributed by atoms with Gasteiger partial charge >= 0.3 is 0 Å². The maximum absolute atomic E-state index is 12.3. The fraction of sp³-hybridized carbons (Fsp3) is 0.562. The van der Waals surface area contributed by atoms with Gasteiger partial charge in [-0.05, 0) is 0 Å². The molecule has 1 aliphatic heterocycles. The van der Waals surface area contributed by atoms with Gasteiger partial charge < -0.3 is 19.5 Å². The standard InChI is InChI=1S/C16H23NO4/c1-20-12-10-14(19)16(15(11-12)21-2)13(18)6-5-9-17-7-3-4-8-17/h10-11,19H,3-9H2,1-2H3/p+1. The lowest BCUT2D eigenvalue weighted by atomic mass is 10.0. The van der Waals surface area contributed by atoms with Crippen LogP contribution in [0.15, 0.2) is 12.1 Å². The van der Waals surface area contributed by atoms with Crippen LogP contribution in [0.1, 0.15) is 36.0 Å². The zero-order valence-electron chi connectivity index (χ0n) is 12.8. The quantitative estimate of drug-likeness (QED) is 0.738. The summed E-state index contributed by atoms with van der Waals surface area (Å²) in [6.07, 6.45) is 3.84. The molecular weight excluding hydrogens is 270 g/mol. The number of carbonyl (C=O) groups excluding carboxylic acids is 1. The van der Waals surface area contributed by atoms with Gasteiger partial charge in [0.25, 0.3) is 0 Å². The lowest BCUT2D eigenvalue weighted by Gasteiger charge is -2.13. The Morgan fingerprint density at radius 2 is 1.95 bits per heavy atom. The molecule has 116 valence electrons. The van der Waals surface area contributed by atoms with Gasteiger partial charge in [0.2, 0.25) is 0 Å². The van der Waals surface area contributed by atoms with E-state index in [2.05, 4.69) is 0 Å². The van der Waals surface area contributed by atoms with E-state index in [4.69, 9.17) is 9.47 Å². The van der Waals surface area contributed by atoms with E-state index >= 15 is 0 Å². The smallest absolute Gasteiger partial charge is 0.170 e. The molecule has 0 spiro atoms. The minimum absolute atomic E-state index is 0.0781. The Morgan fingerprint density at radius 3 is 2.57 bits per heavy atom. The molecule has 0 bridgehead atoms. The molecule has 1 aromatic rings. The van der Waals surface area contributed by atoms with Crippen LogP contribution in [0.3, 0.4) is 0 Å². The molecule has 21 heavy (non-hydrogen) atoms. The van der Waals surface area contributed by atoms with Crippen LogP contribution in [-0.2, 0) is 0 Å². The third-order valence-corrected chi connectivity index (χ3v) is 4.03. The predicted molar refractivity (Wildman–Crippen MR) is 79.6 cm³/mol. The number of hydrogen-bond acceptors (Lipinski definition) is 4. The molecule has 1 aromatic carbocycles. The Bertz CT molecular complexity index is 495. The summed E-state index contributed by atoms with van der Waals surface area (Å²) < 4.78 is 10.3. The highest BCUT2D eigenvalue weighted by Gasteiger charge is 2.20. The number of carbonyl (C=O) groups is 1. The van der Waals surface area contributed by atoms with E-state index in [1.54, 1.807) is 11.0 Å². The van der Waals surface area contributed by atoms with Crippen LogP contribution in [0, 0.1) is 0 Å². The van der Waals surface area contributed by atoms with E-state index in [9.17, 15) is 9.90 Å². The van der Waals surface area contributed by atoms with E-state index < -0.39 is 0 Å². The largest absolute Gasteiger partial charge is 0.507 e. The summed E-state index contributed by atoms with van der Waals surface area (Å²) in [5.74, 6) is 0.683. The van der Waals surface area contributed by atoms with Crippen molar-refractivity contribution in [2.45, 2.75) is 25.7 Å². The molecular formula is C16H24NO4+. The minimum Gasteiger partial charge on any atom is -0.507 e. The van der Waals surface area contributed by atoms with Crippen molar-refractivity contribution >= 4 is 5.78 Å². The number of hydrogen-bond donors (Lipinski definition) is 2. The molecule has 2 rings (SSSR count). The average molecular weight is 294 g/mol. The maximum atomic E-state index is 12.3. The van der Waals surface area contributed by atoms with Crippen molar-refractivity contribution in [3.05, 3.63) is 17.7 Å². The highest BCUT2D eigenvalue weighted by molar-refractivity contribution is 6.01. The second-order valence-corrected chi connectivity index (χ2v) is 5.46. The first-order chi connectivity index (χ1) is 10.2. The van der Waals surface area contributed by atoms with Crippen LogP contribution in [0.2, 0.25) is 0 Å². The van der Waals surface area contributed by atoms with Crippen molar-refractivity contribution < 1.29 is 24.3 Å². The number of phenols is 1. The van der Waals surface area contributed by atoms with Gasteiger partial charge in [0.05, 0.1) is 33.9 Å². The highest BCUT2D eigenvalue weighted by atomic mass is 16.5. The van der Waals surface area contributed by atoms with Gasteiger partial charge in [0.15, 0.2) is 5.78 Å². The second kappa shape index (κ2) is 7.31. The number of rotatable bonds is 7. The number of aromatic hydroxyl groups is 1. The maximum Gasteiger partial charge on any atom is 0.170 e. The number of nitrogens with one attached hydrogen (secondary N) is 1. The number of Topliss-reactive ketones (excluding diaryl/α,β-unsaturated/α-hetero) is 1. The van der Waals surface area contributed by atoms with Crippen LogP contribution in [0.5, 0.6) is 17.2 Å². The van der Waals surface area contributed by atoms with Crippen molar-refractivity contribution in [2.24, 2.45) is 0 Å². The van der Waals surface area contributed by atoms with Gasteiger partial charge in [-0.25, -0.2) is 0 Å². The number of benzene rings is 1. The summed E-state index contributed by atoms with van der Waals surface area (Å²) in [5.41, 5.74) is 0.259. The van der Waals surface area contributed by atoms with E-state index in [0.29, 0.717) is 17.9 Å². The zero-order chi connectivity index (χ0) is 15.2. The van der Waals surface area contributed by atoms with Crippen molar-refractivity contribution in [1.29, 1.82) is 0 Å². The lowest BCUT2D eigenvalue weighted by molar-refractivity contribution is -0.887. The number of ketones is 1. The van der Waals surface area contributed by atoms with Gasteiger partial charge in [0, 0.05) is 37.8 Å². The predicted octanol–water partition coefficient (Wildman–Crippen LogP) is 1.05. The Balaban J connectivity index is 2.00. The van der Waals surface area contributed by atoms with Crippen LogP contribution < -0.4 is 14.4 Å². The fourth-order valence-electron chi connectivity index (χ4n) is 2.88. The van der Waals surface area contributed by atoms with Crippen molar-refractivity contribution in [3.63, 3.8) is 0 Å². The molecule has 1 heterocycles. The molecule has 0 aromatic heterocycles. The number of phenolic OH excluding ortho intramolecular Hbond substituents is 1. The van der Waals surface area contributed by atoms with E-state index in [0.717, 1.165) is 13.0 Å². The molecule has 1 aliphatic rings. The number of likely N-dealkylation sites (tertiary alicyclic amines) is 1. The van der Waals surface area contributed by atoms with Gasteiger partial charge in [-0.15, -0.1) is 0 Å². The van der Waals surface area contributed by atoms with E-state index in [-0.39, 0.29) is 17.1 Å². The van der Waals surface area contributed by atoms with Gasteiger partial charge in [-0.1, -0.05) is 0 Å². The number of methoxy groups -OCH3 is 2. The first-order valence-electron chi connectivity index (χ1n) is 7.47. The van der Waals surface area contributed by atoms with E-state index in [1.807, 2.05) is 0 Å². The molecule has 0 aliphatic carbocycles. The van der Waals surface area contributed by atoms with Gasteiger partial charge in [-0.3, -0.25) is 4.79 Å². The molecule has 0 atom stereocenters. The monoisotopic (exact) mass is 294 g/mol. The van der Waals surface area contributed by atoms with Gasteiger partial charge in [0.1, 0.15) is 22.8 Å². The van der Waals surface area contributed by atoms with Crippen LogP contribution in [-0.4, -0.2) is 44.7 Å². The summed E-state index contributed by atoms with van der Waals surface area (Å²) in [6, 6.07) is 3.07. The molecule has 5 heteroatoms. The second-order valence-electron chi connectivity index (χ2n) is 5.46. The van der Waals surface area contributed by atoms with Crippen LogP contribution in [0.4, 0.5) is 0 Å². The number of quaternary nitrogens is 1. The summed E-state index contributed by atoms with van der Waals surface area (Å²) in [5, 5.41) is 10.0. The van der Waals surface area contributed by atoms with Crippen LogP contribution >= 0.6 is 0 Å². The molecule has 0 radical (unpaired) electrons.